The summed E-state index contributed by atoms with van der Waals surface area (Å²) in [6.07, 6.45) is 7.71. The van der Waals surface area contributed by atoms with E-state index in [1.807, 2.05) is 12.1 Å². The van der Waals surface area contributed by atoms with Crippen molar-refractivity contribution in [1.82, 2.24) is 4.57 Å². The van der Waals surface area contributed by atoms with E-state index in [0.717, 1.165) is 33.4 Å². The van der Waals surface area contributed by atoms with E-state index >= 15 is 0 Å². The fraction of sp³-hybridized carbons (Fsp3) is 0.0526. The van der Waals surface area contributed by atoms with Crippen molar-refractivity contribution in [3.63, 3.8) is 0 Å². The monoisotopic (exact) mass is 513 g/mol. The summed E-state index contributed by atoms with van der Waals surface area (Å²) in [5, 5.41) is 18.7. The molecule has 0 radical (unpaired) electrons. The molecular weight excluding hydrogens is 486 g/mol. The molecule has 0 saturated heterocycles. The first-order valence-electron chi connectivity index (χ1n) is 13.8. The fourth-order valence-corrected chi connectivity index (χ4v) is 6.58. The second-order valence-corrected chi connectivity index (χ2v) is 10.8. The molecule has 8 rings (SSSR count). The van der Waals surface area contributed by atoms with Gasteiger partial charge in [0.1, 0.15) is 5.75 Å². The molecule has 0 unspecified atom stereocenters. The van der Waals surface area contributed by atoms with Gasteiger partial charge >= 0.3 is 0 Å². The van der Waals surface area contributed by atoms with Gasteiger partial charge in [0.2, 0.25) is 0 Å². The van der Waals surface area contributed by atoms with Crippen LogP contribution in [0.25, 0.3) is 66.1 Å². The first kappa shape index (κ1) is 22.9. The topological polar surface area (TPSA) is 25.2 Å². The molecule has 7 aromatic rings. The third-order valence-electron chi connectivity index (χ3n) is 8.36. The molecular formula is C38H27NO. The first-order valence-corrected chi connectivity index (χ1v) is 13.8. The highest BCUT2D eigenvalue weighted by atomic mass is 16.3. The summed E-state index contributed by atoms with van der Waals surface area (Å²) in [4.78, 5) is 0. The molecule has 1 heterocycles. The Morgan fingerprint density at radius 3 is 2.15 bits per heavy atom. The van der Waals surface area contributed by atoms with Crippen LogP contribution in [0.3, 0.4) is 0 Å². The molecule has 0 fully saturated rings. The number of para-hydroxylation sites is 1. The summed E-state index contributed by atoms with van der Waals surface area (Å²) in [5.41, 5.74) is 8.65. The second kappa shape index (κ2) is 8.72. The van der Waals surface area contributed by atoms with Crippen molar-refractivity contribution >= 4 is 49.3 Å². The first-order chi connectivity index (χ1) is 19.7. The van der Waals surface area contributed by atoms with Crippen LogP contribution in [0.5, 0.6) is 5.75 Å². The molecule has 6 aromatic carbocycles. The molecule has 190 valence electrons. The molecule has 0 aliphatic heterocycles. The van der Waals surface area contributed by atoms with Crippen molar-refractivity contribution in [1.29, 1.82) is 0 Å². The minimum atomic E-state index is 0.322. The van der Waals surface area contributed by atoms with E-state index in [2.05, 4.69) is 121 Å². The lowest BCUT2D eigenvalue weighted by Gasteiger charge is -2.13. The number of allylic oxidation sites excluding steroid dienone is 3. The quantitative estimate of drug-likeness (QED) is 0.229. The van der Waals surface area contributed by atoms with Gasteiger partial charge in [-0.25, -0.2) is 0 Å². The number of hydrogen-bond donors (Lipinski definition) is 1. The number of aromatic hydroxyl groups is 1. The number of hydrogen-bond acceptors (Lipinski definition) is 1. The third kappa shape index (κ3) is 3.36. The van der Waals surface area contributed by atoms with Crippen LogP contribution in [0.1, 0.15) is 18.2 Å². The van der Waals surface area contributed by atoms with Gasteiger partial charge in [0, 0.05) is 34.1 Å². The zero-order chi connectivity index (χ0) is 26.8. The Morgan fingerprint density at radius 1 is 0.625 bits per heavy atom. The zero-order valence-electron chi connectivity index (χ0n) is 22.2. The van der Waals surface area contributed by atoms with Gasteiger partial charge in [-0.3, -0.25) is 0 Å². The van der Waals surface area contributed by atoms with Gasteiger partial charge in [-0.1, -0.05) is 90.5 Å². The standard InChI is InChI=1S/C38H27NO/c1-24-9-7-15-35-33(21-24)34-23-26(18-20-36(34)39(35)27-10-3-2-4-11-27)25-17-19-29-28-12-5-6-13-30(28)38-31(32(29)22-25)14-8-16-37(38)40/h2-14,16-23,40H,15H2,1H3. The Bertz CT molecular complexity index is 2200. The minimum absolute atomic E-state index is 0.322. The lowest BCUT2D eigenvalue weighted by Crippen LogP contribution is -1.99. The number of rotatable bonds is 2. The molecule has 40 heavy (non-hydrogen) atoms. The van der Waals surface area contributed by atoms with E-state index in [4.69, 9.17) is 0 Å². The summed E-state index contributed by atoms with van der Waals surface area (Å²) in [5.74, 6) is 0.322. The normalized spacial score (nSPS) is 13.2. The summed E-state index contributed by atoms with van der Waals surface area (Å²) < 4.78 is 2.41. The average Bonchev–Trinajstić information content (AvgIpc) is 3.15. The molecule has 2 heteroatoms. The van der Waals surface area contributed by atoms with E-state index in [0.29, 0.717) is 5.75 Å². The average molecular weight is 514 g/mol. The molecule has 0 atom stereocenters. The molecule has 0 saturated carbocycles. The van der Waals surface area contributed by atoms with Crippen LogP contribution in [-0.4, -0.2) is 9.67 Å². The summed E-state index contributed by atoms with van der Waals surface area (Å²) in [6.45, 7) is 2.18. The van der Waals surface area contributed by atoms with Crippen molar-refractivity contribution in [3.05, 3.63) is 138 Å². The fourth-order valence-electron chi connectivity index (χ4n) is 6.58. The number of benzene rings is 6. The highest BCUT2D eigenvalue weighted by Crippen LogP contribution is 2.41. The molecule has 0 spiro atoms. The van der Waals surface area contributed by atoms with Crippen molar-refractivity contribution in [2.75, 3.05) is 0 Å². The highest BCUT2D eigenvalue weighted by Gasteiger charge is 2.19. The number of phenols is 1. The molecule has 1 aromatic heterocycles. The van der Waals surface area contributed by atoms with Crippen LogP contribution in [0.2, 0.25) is 0 Å². The van der Waals surface area contributed by atoms with Crippen molar-refractivity contribution in [3.8, 4) is 22.6 Å². The Hall–Kier alpha value is -5.08. The smallest absolute Gasteiger partial charge is 0.124 e. The number of phenolic OH excluding ortho intramolecular Hbond substituents is 1. The van der Waals surface area contributed by atoms with Crippen molar-refractivity contribution in [2.24, 2.45) is 0 Å². The third-order valence-corrected chi connectivity index (χ3v) is 8.36. The Balaban J connectivity index is 1.40. The highest BCUT2D eigenvalue weighted by molar-refractivity contribution is 6.27. The SMILES string of the molecule is CC1=Cc2c(n(-c3ccccc3)c3ccc(-c4ccc5c6ccccc6c6c(O)cccc6c5c4)cc23)CC=C1. The minimum Gasteiger partial charge on any atom is -0.507 e. The van der Waals surface area contributed by atoms with Gasteiger partial charge in [-0.2, -0.15) is 0 Å². The Morgan fingerprint density at radius 2 is 1.30 bits per heavy atom. The zero-order valence-corrected chi connectivity index (χ0v) is 22.2. The van der Waals surface area contributed by atoms with Gasteiger partial charge < -0.3 is 9.67 Å². The molecule has 1 aliphatic rings. The number of fused-ring (bicyclic) bond motifs is 9. The molecule has 0 amide bonds. The van der Waals surface area contributed by atoms with Crippen LogP contribution < -0.4 is 0 Å². The molecule has 1 aliphatic carbocycles. The van der Waals surface area contributed by atoms with Crippen LogP contribution in [0.4, 0.5) is 0 Å². The predicted molar refractivity (Wildman–Crippen MR) is 169 cm³/mol. The van der Waals surface area contributed by atoms with Gasteiger partial charge in [-0.05, 0) is 87.5 Å². The van der Waals surface area contributed by atoms with Crippen LogP contribution >= 0.6 is 0 Å². The summed E-state index contributed by atoms with van der Waals surface area (Å²) >= 11 is 0. The summed E-state index contributed by atoms with van der Waals surface area (Å²) in [7, 11) is 0. The maximum absolute atomic E-state index is 10.9. The van der Waals surface area contributed by atoms with E-state index in [1.165, 1.54) is 49.9 Å². The predicted octanol–water partition coefficient (Wildman–Crippen LogP) is 9.98. The van der Waals surface area contributed by atoms with Crippen LogP contribution in [0, 0.1) is 0 Å². The van der Waals surface area contributed by atoms with Crippen molar-refractivity contribution < 1.29 is 5.11 Å². The lowest BCUT2D eigenvalue weighted by atomic mass is 9.91. The number of nitrogens with zero attached hydrogens (tertiary/aromatic N) is 1. The molecule has 0 bridgehead atoms. The van der Waals surface area contributed by atoms with Gasteiger partial charge in [0.15, 0.2) is 0 Å². The maximum Gasteiger partial charge on any atom is 0.124 e. The molecule has 2 nitrogen and oxygen atoms in total. The van der Waals surface area contributed by atoms with Gasteiger partial charge in [-0.15, -0.1) is 0 Å². The maximum atomic E-state index is 10.9. The molecule has 1 N–H and O–H groups in total. The van der Waals surface area contributed by atoms with Crippen molar-refractivity contribution in [2.45, 2.75) is 13.3 Å². The van der Waals surface area contributed by atoms with E-state index in [-0.39, 0.29) is 0 Å². The van der Waals surface area contributed by atoms with E-state index in [9.17, 15) is 5.11 Å². The number of aromatic nitrogens is 1. The summed E-state index contributed by atoms with van der Waals surface area (Å²) in [6, 6.07) is 38.5. The van der Waals surface area contributed by atoms with E-state index < -0.39 is 0 Å². The van der Waals surface area contributed by atoms with Crippen LogP contribution in [-0.2, 0) is 6.42 Å². The largest absolute Gasteiger partial charge is 0.507 e. The van der Waals surface area contributed by atoms with E-state index in [1.54, 1.807) is 6.07 Å². The van der Waals surface area contributed by atoms with Gasteiger partial charge in [0.05, 0.1) is 5.52 Å². The lowest BCUT2D eigenvalue weighted by molar-refractivity contribution is 0.482. The Labute approximate surface area is 232 Å². The second-order valence-electron chi connectivity index (χ2n) is 10.8. The Kier molecular flexibility index (Phi) is 4.99. The van der Waals surface area contributed by atoms with Crippen LogP contribution in [0.15, 0.2) is 127 Å². The van der Waals surface area contributed by atoms with Gasteiger partial charge in [0.25, 0.3) is 0 Å².